The van der Waals surface area contributed by atoms with Crippen LogP contribution in [0.5, 0.6) is 0 Å². The van der Waals surface area contributed by atoms with Crippen molar-refractivity contribution in [3.8, 4) is 39.1 Å². The van der Waals surface area contributed by atoms with E-state index in [0.29, 0.717) is 16.8 Å². The smallest absolute Gasteiger partial charge is 0.296 e. The van der Waals surface area contributed by atoms with Crippen LogP contribution in [0.15, 0.2) is 152 Å². The van der Waals surface area contributed by atoms with Gasteiger partial charge in [0.15, 0.2) is 0 Å². The number of nitrogens with zero attached hydrogens (tertiary/aromatic N) is 3. The van der Waals surface area contributed by atoms with Crippen LogP contribution >= 0.6 is 0 Å². The topological polar surface area (TPSA) is 101 Å². The first-order valence-electron chi connectivity index (χ1n) is 16.8. The number of hydrogen-bond donors (Lipinski definition) is 2. The van der Waals surface area contributed by atoms with Crippen LogP contribution in [0.25, 0.3) is 84.3 Å². The highest BCUT2D eigenvalue weighted by Gasteiger charge is 2.30. The molecule has 8 bridgehead atoms. The lowest BCUT2D eigenvalue weighted by molar-refractivity contribution is 0.496. The van der Waals surface area contributed by atoms with Crippen molar-refractivity contribution in [2.24, 2.45) is 0 Å². The van der Waals surface area contributed by atoms with Crippen LogP contribution in [0.2, 0.25) is 0 Å². The fourth-order valence-electron chi connectivity index (χ4n) is 7.06. The summed E-state index contributed by atoms with van der Waals surface area (Å²) in [5, 5.41) is 0. The molecule has 5 heterocycles. The number of nitrogens with one attached hydrogen (secondary N) is 1. The number of aromatic nitrogens is 4. The zero-order valence-electron chi connectivity index (χ0n) is 27.7. The van der Waals surface area contributed by atoms with Crippen LogP contribution in [-0.2, 0) is 10.1 Å². The van der Waals surface area contributed by atoms with Crippen molar-refractivity contribution in [2.75, 3.05) is 0 Å². The first-order chi connectivity index (χ1) is 25.4. The Morgan fingerprint density at radius 2 is 1.04 bits per heavy atom. The lowest BCUT2D eigenvalue weighted by Crippen LogP contribution is -2.03. The van der Waals surface area contributed by atoms with E-state index in [0.717, 1.165) is 61.4 Å². The van der Waals surface area contributed by atoms with Crippen molar-refractivity contribution in [1.82, 2.24) is 19.5 Å². The lowest BCUT2D eigenvalue weighted by atomic mass is 9.93. The molecule has 0 atom stereocenters. The van der Waals surface area contributed by atoms with Gasteiger partial charge in [0.25, 0.3) is 10.1 Å². The summed E-state index contributed by atoms with van der Waals surface area (Å²) in [6.07, 6.45) is 5.43. The SMILES string of the molecule is O=S(=O)(O)C1=Cc2cc3ccc(cc4nc(cc5c(-c6ccccc6)c(-c6ccccc6)c(c(-c6ccccc6)c1n2)n5-c1ccccc1)C=C4)[nH]3. The molecule has 0 unspecified atom stereocenters. The molecule has 0 saturated heterocycles. The highest BCUT2D eigenvalue weighted by molar-refractivity contribution is 7.95. The van der Waals surface area contributed by atoms with Gasteiger partial charge in [0, 0.05) is 33.4 Å². The van der Waals surface area contributed by atoms with Crippen LogP contribution in [0, 0.1) is 0 Å². The van der Waals surface area contributed by atoms with Crippen LogP contribution < -0.4 is 0 Å². The molecule has 0 spiro atoms. The third kappa shape index (κ3) is 5.66. The van der Waals surface area contributed by atoms with E-state index in [-0.39, 0.29) is 10.6 Å². The normalized spacial score (nSPS) is 12.5. The van der Waals surface area contributed by atoms with Crippen molar-refractivity contribution in [3.63, 3.8) is 0 Å². The number of fused-ring (bicyclic) bond motifs is 8. The van der Waals surface area contributed by atoms with Crippen molar-refractivity contribution >= 4 is 55.3 Å². The Bertz CT molecular complexity index is 2840. The van der Waals surface area contributed by atoms with E-state index in [9.17, 15) is 13.0 Å². The molecule has 52 heavy (non-hydrogen) atoms. The Kier molecular flexibility index (Phi) is 7.61. The molecule has 2 aliphatic rings. The quantitative estimate of drug-likeness (QED) is 0.175. The number of hydrogen-bond acceptors (Lipinski definition) is 4. The fourth-order valence-corrected chi connectivity index (χ4v) is 7.72. The molecule has 0 fully saturated rings. The van der Waals surface area contributed by atoms with Gasteiger partial charge in [-0.1, -0.05) is 109 Å². The van der Waals surface area contributed by atoms with Crippen LogP contribution in [0.3, 0.4) is 0 Å². The molecule has 7 nitrogen and oxygen atoms in total. The Balaban J connectivity index is 1.65. The zero-order valence-corrected chi connectivity index (χ0v) is 28.5. The first-order valence-corrected chi connectivity index (χ1v) is 18.2. The van der Waals surface area contributed by atoms with Gasteiger partial charge in [-0.3, -0.25) is 4.55 Å². The summed E-state index contributed by atoms with van der Waals surface area (Å²) in [6.45, 7) is 0. The van der Waals surface area contributed by atoms with Crippen molar-refractivity contribution in [1.29, 1.82) is 0 Å². The van der Waals surface area contributed by atoms with Gasteiger partial charge < -0.3 is 9.55 Å². The Morgan fingerprint density at radius 3 is 1.62 bits per heavy atom. The van der Waals surface area contributed by atoms with Gasteiger partial charge in [0.2, 0.25) is 0 Å². The van der Waals surface area contributed by atoms with E-state index >= 15 is 0 Å². The monoisotopic (exact) mass is 694 g/mol. The van der Waals surface area contributed by atoms with Crippen molar-refractivity contribution in [2.45, 2.75) is 0 Å². The minimum absolute atomic E-state index is 0.136. The van der Waals surface area contributed by atoms with Crippen LogP contribution in [0.4, 0.5) is 0 Å². The molecular formula is C44H30N4O3S. The summed E-state index contributed by atoms with van der Waals surface area (Å²) in [4.78, 5) is 13.1. The van der Waals surface area contributed by atoms with Crippen LogP contribution in [0.1, 0.15) is 22.8 Å². The van der Waals surface area contributed by atoms with E-state index in [1.165, 1.54) is 6.08 Å². The third-order valence-corrected chi connectivity index (χ3v) is 10.1. The van der Waals surface area contributed by atoms with Gasteiger partial charge >= 0.3 is 0 Å². The molecule has 4 aromatic carbocycles. The third-order valence-electron chi connectivity index (χ3n) is 9.22. The van der Waals surface area contributed by atoms with E-state index in [1.54, 1.807) is 6.07 Å². The summed E-state index contributed by atoms with van der Waals surface area (Å²) >= 11 is 0. The standard InChI is InChI=1S/C44H30N4O3S/c49-52(50,51)39-28-36-26-34-22-21-32(45-34)25-33-23-24-35(46-33)27-38-40(29-13-5-1-6-14-29)41(30-15-7-2-8-16-30)44(48(38)37-19-11-4-12-20-37)42(43(39)47-36)31-17-9-3-10-18-31/h1-28,45H,(H,49,50,51). The number of para-hydroxylation sites is 1. The molecule has 2 aliphatic heterocycles. The van der Waals surface area contributed by atoms with E-state index in [1.807, 2.05) is 127 Å². The molecule has 0 radical (unpaired) electrons. The lowest BCUT2D eigenvalue weighted by Gasteiger charge is -2.14. The maximum atomic E-state index is 13.4. The number of H-pyrrole nitrogens is 1. The van der Waals surface area contributed by atoms with E-state index < -0.39 is 10.1 Å². The van der Waals surface area contributed by atoms with Crippen LogP contribution in [-0.4, -0.2) is 32.5 Å². The molecule has 250 valence electrons. The number of benzene rings is 4. The Hall–Kier alpha value is -6.61. The molecule has 3 aromatic heterocycles. The van der Waals surface area contributed by atoms with Gasteiger partial charge in [-0.15, -0.1) is 0 Å². The number of aromatic amines is 1. The molecule has 2 N–H and O–H groups in total. The second-order valence-corrected chi connectivity index (χ2v) is 14.0. The maximum Gasteiger partial charge on any atom is 0.296 e. The Morgan fingerprint density at radius 1 is 0.538 bits per heavy atom. The summed E-state index contributed by atoms with van der Waals surface area (Å²) in [5.74, 6) is 0. The van der Waals surface area contributed by atoms with Gasteiger partial charge in [-0.2, -0.15) is 8.42 Å². The molecule has 9 rings (SSSR count). The summed E-state index contributed by atoms with van der Waals surface area (Å²) < 4.78 is 39.8. The maximum absolute atomic E-state index is 13.4. The minimum atomic E-state index is -4.75. The molecule has 7 aromatic rings. The van der Waals surface area contributed by atoms with Gasteiger partial charge in [-0.25, -0.2) is 9.97 Å². The van der Waals surface area contributed by atoms with Gasteiger partial charge in [0.05, 0.1) is 33.8 Å². The fraction of sp³-hybridized carbons (Fsp3) is 0. The summed E-state index contributed by atoms with van der Waals surface area (Å²) in [7, 11) is -4.75. The molecule has 0 aliphatic carbocycles. The second-order valence-electron chi connectivity index (χ2n) is 12.6. The molecular weight excluding hydrogens is 665 g/mol. The largest absolute Gasteiger partial charge is 0.355 e. The minimum Gasteiger partial charge on any atom is -0.355 e. The Labute approximate surface area is 300 Å². The molecule has 0 amide bonds. The van der Waals surface area contributed by atoms with Crippen molar-refractivity contribution < 1.29 is 13.0 Å². The van der Waals surface area contributed by atoms with Gasteiger partial charge in [-0.05, 0) is 77.4 Å². The summed E-state index contributed by atoms with van der Waals surface area (Å²) in [5.41, 5.74) is 10.9. The predicted molar refractivity (Wildman–Crippen MR) is 211 cm³/mol. The second kappa shape index (κ2) is 12.6. The summed E-state index contributed by atoms with van der Waals surface area (Å²) in [6, 6.07) is 49.6. The highest BCUT2D eigenvalue weighted by atomic mass is 32.2. The van der Waals surface area contributed by atoms with Crippen molar-refractivity contribution in [3.05, 3.63) is 174 Å². The average molecular weight is 695 g/mol. The number of rotatable bonds is 5. The highest BCUT2D eigenvalue weighted by Crippen LogP contribution is 2.48. The molecule has 8 heteroatoms. The van der Waals surface area contributed by atoms with E-state index in [2.05, 4.69) is 39.9 Å². The molecule has 0 saturated carbocycles. The average Bonchev–Trinajstić information content (AvgIpc) is 3.97. The predicted octanol–water partition coefficient (Wildman–Crippen LogP) is 10.3. The van der Waals surface area contributed by atoms with Gasteiger partial charge in [0.1, 0.15) is 4.91 Å². The first kappa shape index (κ1) is 31.4. The van der Waals surface area contributed by atoms with E-state index in [4.69, 9.17) is 9.97 Å². The zero-order chi connectivity index (χ0) is 35.2.